The van der Waals surface area contributed by atoms with E-state index in [9.17, 15) is 49.5 Å². The Morgan fingerprint density at radius 3 is 2.52 bits per heavy atom. The Morgan fingerprint density at radius 2 is 1.85 bits per heavy atom. The van der Waals surface area contributed by atoms with E-state index in [4.69, 9.17) is 4.42 Å². The molecular weight excluding hydrogens is 674 g/mol. The summed E-state index contributed by atoms with van der Waals surface area (Å²) in [4.78, 5) is 66.8. The lowest BCUT2D eigenvalue weighted by atomic mass is 10.0. The molecule has 2 aliphatic heterocycles. The Labute approximate surface area is 276 Å². The van der Waals surface area contributed by atoms with E-state index in [1.54, 1.807) is 7.05 Å². The average Bonchev–Trinajstić information content (AvgIpc) is 3.48. The number of aromatic nitrogens is 4. The first-order valence-corrected chi connectivity index (χ1v) is 15.8. The van der Waals surface area contributed by atoms with E-state index in [0.717, 1.165) is 11.0 Å². The van der Waals surface area contributed by atoms with Gasteiger partial charge in [-0.15, -0.1) is 16.9 Å². The second-order valence-corrected chi connectivity index (χ2v) is 12.5. The van der Waals surface area contributed by atoms with Gasteiger partial charge in [0.1, 0.15) is 40.7 Å². The van der Waals surface area contributed by atoms with Gasteiger partial charge in [0.15, 0.2) is 11.3 Å². The second kappa shape index (κ2) is 12.4. The molecule has 3 amide bonds. The monoisotopic (exact) mass is 697 g/mol. The van der Waals surface area contributed by atoms with E-state index >= 15 is 0 Å². The Hall–Kier alpha value is -5.76. The van der Waals surface area contributed by atoms with Crippen molar-refractivity contribution in [3.05, 3.63) is 69.2 Å². The minimum Gasteiger partial charge on any atom is -0.508 e. The van der Waals surface area contributed by atoms with Crippen molar-refractivity contribution in [1.82, 2.24) is 35.7 Å². The number of fused-ring (bicyclic) bond motifs is 2. The number of rotatable bonds is 9. The summed E-state index contributed by atoms with van der Waals surface area (Å²) in [5, 5.41) is 64.7. The number of β-lactam (4-membered cyclic amide) rings is 1. The zero-order valence-corrected chi connectivity index (χ0v) is 26.0. The number of thioether (sulfide) groups is 2. The number of carboxylic acid groups (broad SMARTS) is 1. The Morgan fingerprint density at radius 1 is 1.12 bits per heavy atom. The van der Waals surface area contributed by atoms with Crippen LogP contribution < -0.4 is 16.1 Å². The van der Waals surface area contributed by atoms with Crippen LogP contribution in [0.2, 0.25) is 0 Å². The molecule has 20 heteroatoms. The van der Waals surface area contributed by atoms with Gasteiger partial charge in [-0.1, -0.05) is 23.9 Å². The van der Waals surface area contributed by atoms with Crippen LogP contribution in [0.4, 0.5) is 0 Å². The van der Waals surface area contributed by atoms with Crippen LogP contribution in [0.1, 0.15) is 22.0 Å². The topological polar surface area (TPSA) is 271 Å². The van der Waals surface area contributed by atoms with Gasteiger partial charge in [0.2, 0.25) is 28.0 Å². The SMILES string of the molecule is Cn1nnnc1SCC1=C(C(=O)O)N2C(=O)[C@@H](NC(=O)C(NC(=O)c3coc4c(O)c(O)c(O)cc4c3=O)c3ccc(O)cc3)[C@@H]2SC1. The molecule has 248 valence electrons. The number of hydrogen-bond donors (Lipinski definition) is 7. The molecule has 48 heavy (non-hydrogen) atoms. The van der Waals surface area contributed by atoms with Gasteiger partial charge in [-0.2, -0.15) is 0 Å². The maximum atomic E-state index is 13.7. The number of benzene rings is 2. The van der Waals surface area contributed by atoms with Gasteiger partial charge < -0.3 is 40.6 Å². The van der Waals surface area contributed by atoms with Crippen LogP contribution in [0, 0.1) is 0 Å². The summed E-state index contributed by atoms with van der Waals surface area (Å²) in [6.07, 6.45) is 0.699. The molecule has 6 rings (SSSR count). The van der Waals surface area contributed by atoms with Gasteiger partial charge in [-0.05, 0) is 39.8 Å². The van der Waals surface area contributed by atoms with Crippen molar-refractivity contribution in [2.24, 2.45) is 7.05 Å². The van der Waals surface area contributed by atoms with Crippen molar-refractivity contribution in [3.8, 4) is 23.0 Å². The molecule has 4 heterocycles. The first-order valence-electron chi connectivity index (χ1n) is 13.7. The Kier molecular flexibility index (Phi) is 8.35. The summed E-state index contributed by atoms with van der Waals surface area (Å²) < 4.78 is 6.61. The molecule has 0 saturated carbocycles. The van der Waals surface area contributed by atoms with Crippen LogP contribution >= 0.6 is 23.5 Å². The van der Waals surface area contributed by atoms with Crippen molar-refractivity contribution in [2.45, 2.75) is 22.6 Å². The largest absolute Gasteiger partial charge is 0.508 e. The second-order valence-electron chi connectivity index (χ2n) is 10.5. The lowest BCUT2D eigenvalue weighted by Gasteiger charge is -2.49. The Bertz CT molecular complexity index is 2100. The summed E-state index contributed by atoms with van der Waals surface area (Å²) in [6, 6.07) is 3.24. The molecule has 7 N–H and O–H groups in total. The molecule has 2 aromatic heterocycles. The fourth-order valence-electron chi connectivity index (χ4n) is 5.09. The number of hydrogen-bond acceptors (Lipinski definition) is 15. The third-order valence-corrected chi connectivity index (χ3v) is 9.94. The number of phenols is 4. The number of carbonyl (C=O) groups is 4. The highest BCUT2D eigenvalue weighted by atomic mass is 32.2. The molecular formula is C28H23N7O11S2. The van der Waals surface area contributed by atoms with E-state index in [1.807, 2.05) is 0 Å². The standard InChI is InChI=1S/C28H23N7O11S2/c1-34-28(31-32-33-34)48-9-11-8-47-26-17(25(43)35(26)18(11)27(44)45)30-24(42)16(10-2-4-12(36)5-3-10)29-23(41)14-7-46-22-13(19(14)38)6-15(37)20(39)21(22)40/h2-7,16-17,26,36-37,39-40H,8-9H2,1H3,(H,29,41)(H,30,42)(H,44,45)/t16?,17-,26+/m1/s1. The minimum absolute atomic E-state index is 0.146. The molecule has 0 bridgehead atoms. The van der Waals surface area contributed by atoms with Gasteiger partial charge in [-0.3, -0.25) is 24.1 Å². The first-order chi connectivity index (χ1) is 22.9. The van der Waals surface area contributed by atoms with Crippen LogP contribution in [0.5, 0.6) is 23.0 Å². The fraction of sp³-hybridized carbons (Fsp3) is 0.214. The van der Waals surface area contributed by atoms with Crippen LogP contribution in [-0.4, -0.2) is 97.3 Å². The van der Waals surface area contributed by atoms with Crippen molar-refractivity contribution in [3.63, 3.8) is 0 Å². The summed E-state index contributed by atoms with van der Waals surface area (Å²) in [7, 11) is 1.63. The van der Waals surface area contributed by atoms with Crippen LogP contribution in [0.15, 0.2) is 62.2 Å². The summed E-state index contributed by atoms with van der Waals surface area (Å²) in [6.45, 7) is 0. The number of aryl methyl sites for hydroxylation is 1. The van der Waals surface area contributed by atoms with Crippen LogP contribution in [0.25, 0.3) is 11.0 Å². The van der Waals surface area contributed by atoms with Crippen molar-refractivity contribution >= 4 is 58.2 Å². The Balaban J connectivity index is 1.24. The molecule has 1 saturated heterocycles. The van der Waals surface area contributed by atoms with E-state index in [-0.39, 0.29) is 28.5 Å². The lowest BCUT2D eigenvalue weighted by molar-refractivity contribution is -0.151. The highest BCUT2D eigenvalue weighted by Crippen LogP contribution is 2.42. The number of carboxylic acids is 1. The van der Waals surface area contributed by atoms with E-state index in [2.05, 4.69) is 26.2 Å². The van der Waals surface area contributed by atoms with Crippen molar-refractivity contribution < 1.29 is 49.1 Å². The van der Waals surface area contributed by atoms with Crippen molar-refractivity contribution in [2.75, 3.05) is 11.5 Å². The summed E-state index contributed by atoms with van der Waals surface area (Å²) in [5.41, 5.74) is -1.75. The van der Waals surface area contributed by atoms with Crippen LogP contribution in [0.3, 0.4) is 0 Å². The van der Waals surface area contributed by atoms with Gasteiger partial charge >= 0.3 is 5.97 Å². The first kappa shape index (κ1) is 32.2. The smallest absolute Gasteiger partial charge is 0.352 e. The predicted molar refractivity (Wildman–Crippen MR) is 165 cm³/mol. The van der Waals surface area contributed by atoms with Gasteiger partial charge in [0, 0.05) is 18.6 Å². The molecule has 3 atom stereocenters. The number of nitrogens with one attached hydrogen (secondary N) is 2. The molecule has 0 aliphatic carbocycles. The number of tetrazole rings is 1. The van der Waals surface area contributed by atoms with Gasteiger partial charge in [0.25, 0.3) is 11.8 Å². The quantitative estimate of drug-likeness (QED) is 0.0696. The maximum Gasteiger partial charge on any atom is 0.352 e. The predicted octanol–water partition coefficient (Wildman–Crippen LogP) is 0.141. The van der Waals surface area contributed by atoms with Crippen LogP contribution in [-0.2, 0) is 21.4 Å². The number of aromatic hydroxyl groups is 4. The molecule has 1 unspecified atom stereocenters. The molecule has 4 aromatic rings. The van der Waals surface area contributed by atoms with Gasteiger partial charge in [-0.25, -0.2) is 9.48 Å². The number of phenolic OH excluding ortho intramolecular Hbond substituents is 4. The maximum absolute atomic E-state index is 13.7. The molecule has 1 fully saturated rings. The third-order valence-electron chi connectivity index (χ3n) is 7.50. The van der Waals surface area contributed by atoms with E-state index in [0.29, 0.717) is 17.0 Å². The van der Waals surface area contributed by atoms with E-state index < -0.39 is 80.4 Å². The number of aliphatic carboxylic acids is 1. The highest BCUT2D eigenvalue weighted by molar-refractivity contribution is 8.01. The molecule has 0 radical (unpaired) electrons. The fourth-order valence-corrected chi connectivity index (χ4v) is 7.43. The normalized spacial score (nSPS) is 17.9. The number of nitrogens with zero attached hydrogens (tertiary/aromatic N) is 5. The highest BCUT2D eigenvalue weighted by Gasteiger charge is 2.54. The lowest BCUT2D eigenvalue weighted by Crippen LogP contribution is -2.71. The average molecular weight is 698 g/mol. The third kappa shape index (κ3) is 5.59. The molecule has 2 aromatic carbocycles. The van der Waals surface area contributed by atoms with Gasteiger partial charge in [0.05, 0.1) is 5.39 Å². The summed E-state index contributed by atoms with van der Waals surface area (Å²) >= 11 is 2.42. The number of carbonyl (C=O) groups excluding carboxylic acids is 3. The zero-order chi connectivity index (χ0) is 34.4. The van der Waals surface area contributed by atoms with Crippen molar-refractivity contribution in [1.29, 1.82) is 0 Å². The zero-order valence-electron chi connectivity index (χ0n) is 24.3. The molecule has 18 nitrogen and oxygen atoms in total. The minimum atomic E-state index is -1.54. The van der Waals surface area contributed by atoms with E-state index in [1.165, 1.54) is 52.5 Å². The molecule has 0 spiro atoms. The summed E-state index contributed by atoms with van der Waals surface area (Å²) in [5.74, 6) is -6.49. The number of amides is 3. The molecule has 2 aliphatic rings.